The maximum atomic E-state index is 5.36. The maximum Gasteiger partial charge on any atom is 0.151 e. The monoisotopic (exact) mass is 337 g/mol. The van der Waals surface area contributed by atoms with E-state index in [0.717, 1.165) is 42.1 Å². The molecule has 1 aromatic heterocycles. The summed E-state index contributed by atoms with van der Waals surface area (Å²) in [6, 6.07) is 10.3. The lowest BCUT2D eigenvalue weighted by Crippen LogP contribution is -2.17. The number of rotatable bonds is 7. The molecule has 0 saturated carbocycles. The van der Waals surface area contributed by atoms with Gasteiger partial charge in [-0.1, -0.05) is 46.2 Å². The molecule has 1 heterocycles. The highest BCUT2D eigenvalue weighted by molar-refractivity contribution is 9.10. The predicted molar refractivity (Wildman–Crippen MR) is 83.2 cm³/mol. The van der Waals surface area contributed by atoms with Gasteiger partial charge in [0, 0.05) is 23.6 Å². The van der Waals surface area contributed by atoms with Crippen LogP contribution < -0.4 is 5.32 Å². The van der Waals surface area contributed by atoms with E-state index in [1.807, 2.05) is 12.1 Å². The van der Waals surface area contributed by atoms with Crippen LogP contribution in [0.25, 0.3) is 0 Å². The van der Waals surface area contributed by atoms with Crippen LogP contribution in [0.3, 0.4) is 0 Å². The predicted octanol–water partition coefficient (Wildman–Crippen LogP) is 3.18. The van der Waals surface area contributed by atoms with Gasteiger partial charge in [0.05, 0.1) is 12.2 Å². The number of nitrogens with zero attached hydrogens (tertiary/aromatic N) is 2. The number of aromatic nitrogens is 1. The van der Waals surface area contributed by atoms with Gasteiger partial charge in [0.25, 0.3) is 0 Å². The third-order valence-electron chi connectivity index (χ3n) is 2.99. The van der Waals surface area contributed by atoms with Crippen molar-refractivity contribution in [3.63, 3.8) is 0 Å². The van der Waals surface area contributed by atoms with Gasteiger partial charge in [-0.05, 0) is 25.2 Å². The van der Waals surface area contributed by atoms with Gasteiger partial charge in [0.15, 0.2) is 5.76 Å². The Morgan fingerprint density at radius 3 is 2.85 bits per heavy atom. The summed E-state index contributed by atoms with van der Waals surface area (Å²) in [7, 11) is 2.08. The zero-order chi connectivity index (χ0) is 14.4. The van der Waals surface area contributed by atoms with E-state index in [-0.39, 0.29) is 0 Å². The molecule has 108 valence electrons. The first-order chi connectivity index (χ1) is 9.69. The van der Waals surface area contributed by atoms with E-state index < -0.39 is 0 Å². The fourth-order valence-corrected chi connectivity index (χ4v) is 2.42. The molecule has 0 aliphatic heterocycles. The van der Waals surface area contributed by atoms with Gasteiger partial charge in [0.2, 0.25) is 0 Å². The Bertz CT molecular complexity index is 541. The van der Waals surface area contributed by atoms with E-state index >= 15 is 0 Å². The lowest BCUT2D eigenvalue weighted by Gasteiger charge is -2.15. The van der Waals surface area contributed by atoms with E-state index in [2.05, 4.69) is 63.5 Å². The molecule has 0 spiro atoms. The van der Waals surface area contributed by atoms with Crippen LogP contribution in [0, 0.1) is 0 Å². The molecule has 0 aliphatic carbocycles. The van der Waals surface area contributed by atoms with Crippen LogP contribution in [0.1, 0.15) is 23.9 Å². The van der Waals surface area contributed by atoms with Crippen LogP contribution in [0.5, 0.6) is 0 Å². The van der Waals surface area contributed by atoms with Crippen molar-refractivity contribution in [3.8, 4) is 0 Å². The van der Waals surface area contributed by atoms with Gasteiger partial charge < -0.3 is 9.84 Å². The van der Waals surface area contributed by atoms with Crippen molar-refractivity contribution in [1.29, 1.82) is 0 Å². The molecule has 1 aromatic carbocycles. The number of hydrogen-bond acceptors (Lipinski definition) is 4. The van der Waals surface area contributed by atoms with Crippen LogP contribution in [0.4, 0.5) is 0 Å². The van der Waals surface area contributed by atoms with Crippen LogP contribution >= 0.6 is 15.9 Å². The summed E-state index contributed by atoms with van der Waals surface area (Å²) in [6.45, 7) is 5.38. The smallest absolute Gasteiger partial charge is 0.151 e. The van der Waals surface area contributed by atoms with Gasteiger partial charge in [-0.3, -0.25) is 4.90 Å². The van der Waals surface area contributed by atoms with Gasteiger partial charge >= 0.3 is 0 Å². The van der Waals surface area contributed by atoms with Crippen LogP contribution in [-0.4, -0.2) is 23.6 Å². The average molecular weight is 338 g/mol. The first-order valence-electron chi connectivity index (χ1n) is 6.76. The summed E-state index contributed by atoms with van der Waals surface area (Å²) in [6.07, 6.45) is 0. The third kappa shape index (κ3) is 4.44. The van der Waals surface area contributed by atoms with Crippen LogP contribution in [0.2, 0.25) is 0 Å². The van der Waals surface area contributed by atoms with Crippen molar-refractivity contribution in [3.05, 3.63) is 51.8 Å². The van der Waals surface area contributed by atoms with E-state index in [1.165, 1.54) is 5.56 Å². The van der Waals surface area contributed by atoms with Crippen molar-refractivity contribution < 1.29 is 4.52 Å². The van der Waals surface area contributed by atoms with Crippen LogP contribution in [-0.2, 0) is 19.6 Å². The number of benzene rings is 1. The summed E-state index contributed by atoms with van der Waals surface area (Å²) in [5.74, 6) is 0.896. The fourth-order valence-electron chi connectivity index (χ4n) is 2.01. The largest absolute Gasteiger partial charge is 0.360 e. The summed E-state index contributed by atoms with van der Waals surface area (Å²) >= 11 is 3.57. The van der Waals surface area contributed by atoms with Crippen molar-refractivity contribution in [2.75, 3.05) is 13.6 Å². The molecule has 0 saturated heterocycles. The van der Waals surface area contributed by atoms with Gasteiger partial charge in [-0.25, -0.2) is 0 Å². The first kappa shape index (κ1) is 15.2. The number of hydrogen-bond donors (Lipinski definition) is 1. The van der Waals surface area contributed by atoms with Crippen molar-refractivity contribution in [2.24, 2.45) is 0 Å². The standard InChI is InChI=1S/C15H20BrN3O/c1-3-17-9-13-8-14(20-18-13)11-19(2)10-12-6-4-5-7-15(12)16/h4-8,17H,3,9-11H2,1-2H3. The second kappa shape index (κ2) is 7.57. The molecule has 4 nitrogen and oxygen atoms in total. The van der Waals surface area contributed by atoms with Crippen LogP contribution in [0.15, 0.2) is 39.3 Å². The lowest BCUT2D eigenvalue weighted by atomic mass is 10.2. The highest BCUT2D eigenvalue weighted by atomic mass is 79.9. The number of nitrogens with one attached hydrogen (secondary N) is 1. The molecule has 0 radical (unpaired) electrons. The highest BCUT2D eigenvalue weighted by Gasteiger charge is 2.09. The average Bonchev–Trinajstić information content (AvgIpc) is 2.86. The van der Waals surface area contributed by atoms with Crippen molar-refractivity contribution in [2.45, 2.75) is 26.6 Å². The quantitative estimate of drug-likeness (QED) is 0.842. The molecule has 0 unspecified atom stereocenters. The van der Waals surface area contributed by atoms with E-state index in [0.29, 0.717) is 0 Å². The van der Waals surface area contributed by atoms with Gasteiger partial charge in [-0.15, -0.1) is 0 Å². The van der Waals surface area contributed by atoms with E-state index in [9.17, 15) is 0 Å². The molecular formula is C15H20BrN3O. The van der Waals surface area contributed by atoms with Crippen molar-refractivity contribution in [1.82, 2.24) is 15.4 Å². The molecule has 2 rings (SSSR count). The molecule has 0 amide bonds. The zero-order valence-corrected chi connectivity index (χ0v) is 13.5. The molecule has 0 atom stereocenters. The molecule has 0 bridgehead atoms. The summed E-state index contributed by atoms with van der Waals surface area (Å²) in [5.41, 5.74) is 2.22. The second-order valence-electron chi connectivity index (χ2n) is 4.83. The Morgan fingerprint density at radius 1 is 1.30 bits per heavy atom. The maximum absolute atomic E-state index is 5.36. The molecule has 5 heteroatoms. The Labute approximate surface area is 128 Å². The van der Waals surface area contributed by atoms with E-state index in [1.54, 1.807) is 0 Å². The number of halogens is 1. The molecule has 1 N–H and O–H groups in total. The third-order valence-corrected chi connectivity index (χ3v) is 3.76. The molecular weight excluding hydrogens is 318 g/mol. The van der Waals surface area contributed by atoms with Crippen molar-refractivity contribution >= 4 is 15.9 Å². The topological polar surface area (TPSA) is 41.3 Å². The fraction of sp³-hybridized carbons (Fsp3) is 0.400. The Hall–Kier alpha value is -1.17. The zero-order valence-electron chi connectivity index (χ0n) is 11.9. The Balaban J connectivity index is 1.89. The highest BCUT2D eigenvalue weighted by Crippen LogP contribution is 2.18. The second-order valence-corrected chi connectivity index (χ2v) is 5.68. The Kier molecular flexibility index (Phi) is 5.76. The molecule has 2 aromatic rings. The van der Waals surface area contributed by atoms with Gasteiger partial charge in [-0.2, -0.15) is 0 Å². The van der Waals surface area contributed by atoms with E-state index in [4.69, 9.17) is 4.52 Å². The minimum Gasteiger partial charge on any atom is -0.360 e. The normalized spacial score (nSPS) is 11.2. The lowest BCUT2D eigenvalue weighted by molar-refractivity contribution is 0.265. The minimum atomic E-state index is 0.750. The molecule has 0 aliphatic rings. The molecule has 0 fully saturated rings. The first-order valence-corrected chi connectivity index (χ1v) is 7.55. The SMILES string of the molecule is CCNCc1cc(CN(C)Cc2ccccc2Br)on1. The summed E-state index contributed by atoms with van der Waals surface area (Å²) < 4.78 is 6.49. The van der Waals surface area contributed by atoms with Gasteiger partial charge in [0.1, 0.15) is 0 Å². The minimum absolute atomic E-state index is 0.750. The molecule has 20 heavy (non-hydrogen) atoms. The summed E-state index contributed by atoms with van der Waals surface area (Å²) in [5, 5.41) is 7.29. The Morgan fingerprint density at radius 2 is 2.10 bits per heavy atom. The summed E-state index contributed by atoms with van der Waals surface area (Å²) in [4.78, 5) is 2.21.